The van der Waals surface area contributed by atoms with Gasteiger partial charge in [-0.3, -0.25) is 0 Å². The van der Waals surface area contributed by atoms with Gasteiger partial charge in [0, 0.05) is 17.3 Å². The van der Waals surface area contributed by atoms with Crippen LogP contribution in [0.4, 0.5) is 5.69 Å². The fourth-order valence-electron chi connectivity index (χ4n) is 1.40. The predicted octanol–water partition coefficient (Wildman–Crippen LogP) is 4.49. The lowest BCUT2D eigenvalue weighted by atomic mass is 10.1. The van der Waals surface area contributed by atoms with E-state index in [-0.39, 0.29) is 5.04 Å². The highest BCUT2D eigenvalue weighted by Crippen LogP contribution is 2.36. The van der Waals surface area contributed by atoms with Gasteiger partial charge in [0.25, 0.3) is 0 Å². The first-order chi connectivity index (χ1) is 8.13. The van der Waals surface area contributed by atoms with Gasteiger partial charge < -0.3 is 10.2 Å². The van der Waals surface area contributed by atoms with Crippen molar-refractivity contribution in [3.05, 3.63) is 28.8 Å². The number of nitrogen functional groups attached to an aromatic ring is 1. The molecule has 0 aliphatic carbocycles. The normalized spacial score (nSPS) is 12.8. The van der Waals surface area contributed by atoms with Gasteiger partial charge in [0.2, 0.25) is 0 Å². The van der Waals surface area contributed by atoms with Crippen LogP contribution >= 0.6 is 11.6 Å². The molecule has 0 bridgehead atoms. The molecule has 0 saturated heterocycles. The van der Waals surface area contributed by atoms with Crippen molar-refractivity contribution in [2.45, 2.75) is 45.3 Å². The summed E-state index contributed by atoms with van der Waals surface area (Å²) in [5.74, 6) is 0. The fraction of sp³-hybridized carbons (Fsp3) is 0.571. The van der Waals surface area contributed by atoms with Crippen molar-refractivity contribution in [3.8, 4) is 0 Å². The Kier molecular flexibility index (Phi) is 4.87. The maximum Gasteiger partial charge on any atom is 0.191 e. The Morgan fingerprint density at radius 2 is 1.89 bits per heavy atom. The van der Waals surface area contributed by atoms with Gasteiger partial charge in [0.1, 0.15) is 0 Å². The Hall–Kier alpha value is -0.513. The zero-order valence-corrected chi connectivity index (χ0v) is 13.8. The zero-order chi connectivity index (χ0) is 14.0. The predicted molar refractivity (Wildman–Crippen MR) is 82.7 cm³/mol. The topological polar surface area (TPSA) is 35.2 Å². The van der Waals surface area contributed by atoms with Crippen molar-refractivity contribution in [2.75, 3.05) is 12.3 Å². The molecule has 102 valence electrons. The van der Waals surface area contributed by atoms with Gasteiger partial charge in [0.05, 0.1) is 0 Å². The van der Waals surface area contributed by atoms with Crippen molar-refractivity contribution < 1.29 is 4.43 Å². The first kappa shape index (κ1) is 15.5. The number of rotatable bonds is 4. The Balaban J connectivity index is 2.57. The minimum absolute atomic E-state index is 0.248. The average molecular weight is 286 g/mol. The van der Waals surface area contributed by atoms with E-state index in [1.54, 1.807) is 6.07 Å². The van der Waals surface area contributed by atoms with E-state index in [1.807, 2.05) is 12.1 Å². The third-order valence-electron chi connectivity index (χ3n) is 3.72. The average Bonchev–Trinajstić information content (AvgIpc) is 2.19. The van der Waals surface area contributed by atoms with E-state index in [4.69, 9.17) is 21.8 Å². The number of nitrogens with two attached hydrogens (primary N) is 1. The second-order valence-corrected chi connectivity index (χ2v) is 11.4. The highest BCUT2D eigenvalue weighted by atomic mass is 35.5. The molecule has 0 unspecified atom stereocenters. The van der Waals surface area contributed by atoms with Gasteiger partial charge in [-0.25, -0.2) is 0 Å². The van der Waals surface area contributed by atoms with Crippen LogP contribution in [-0.4, -0.2) is 14.9 Å². The number of hydrogen-bond acceptors (Lipinski definition) is 2. The summed E-state index contributed by atoms with van der Waals surface area (Å²) in [5.41, 5.74) is 7.48. The summed E-state index contributed by atoms with van der Waals surface area (Å²) in [6.07, 6.45) is 0.839. The van der Waals surface area contributed by atoms with E-state index in [1.165, 1.54) is 0 Å². The van der Waals surface area contributed by atoms with Crippen LogP contribution in [0.5, 0.6) is 0 Å². The van der Waals surface area contributed by atoms with Crippen molar-refractivity contribution in [2.24, 2.45) is 0 Å². The molecule has 1 aromatic carbocycles. The van der Waals surface area contributed by atoms with Crippen LogP contribution in [0, 0.1) is 0 Å². The lowest BCUT2D eigenvalue weighted by Gasteiger charge is -2.36. The van der Waals surface area contributed by atoms with E-state index in [0.29, 0.717) is 5.69 Å². The molecular formula is C14H24ClNOSi. The highest BCUT2D eigenvalue weighted by Gasteiger charge is 2.36. The van der Waals surface area contributed by atoms with Gasteiger partial charge in [0.15, 0.2) is 8.32 Å². The number of benzene rings is 1. The molecular weight excluding hydrogens is 262 g/mol. The molecule has 1 aromatic rings. The minimum atomic E-state index is -1.65. The molecule has 2 nitrogen and oxygen atoms in total. The second kappa shape index (κ2) is 5.64. The molecule has 0 heterocycles. The fourth-order valence-corrected chi connectivity index (χ4v) is 2.73. The molecule has 0 radical (unpaired) electrons. The minimum Gasteiger partial charge on any atom is -0.416 e. The van der Waals surface area contributed by atoms with Crippen LogP contribution in [0.3, 0.4) is 0 Å². The number of anilines is 1. The molecule has 0 aliphatic heterocycles. The van der Waals surface area contributed by atoms with E-state index in [9.17, 15) is 0 Å². The molecule has 0 aromatic heterocycles. The van der Waals surface area contributed by atoms with Gasteiger partial charge >= 0.3 is 0 Å². The zero-order valence-electron chi connectivity index (χ0n) is 12.0. The summed E-state index contributed by atoms with van der Waals surface area (Å²) in [6, 6.07) is 5.66. The molecule has 0 atom stereocenters. The molecule has 1 rings (SSSR count). The summed E-state index contributed by atoms with van der Waals surface area (Å²) >= 11 is 6.15. The molecule has 4 heteroatoms. The molecule has 0 saturated carbocycles. The SMILES string of the molecule is CC(C)(C)[Si](C)(C)OCCc1ccc(N)cc1Cl. The Labute approximate surface area is 117 Å². The van der Waals surface area contributed by atoms with E-state index < -0.39 is 8.32 Å². The summed E-state index contributed by atoms with van der Waals surface area (Å²) in [6.45, 7) is 12.0. The lowest BCUT2D eigenvalue weighted by Crippen LogP contribution is -2.41. The third-order valence-corrected chi connectivity index (χ3v) is 8.61. The smallest absolute Gasteiger partial charge is 0.191 e. The summed E-state index contributed by atoms with van der Waals surface area (Å²) in [4.78, 5) is 0. The van der Waals surface area contributed by atoms with Crippen LogP contribution in [-0.2, 0) is 10.8 Å². The molecule has 18 heavy (non-hydrogen) atoms. The first-order valence-electron chi connectivity index (χ1n) is 6.31. The van der Waals surface area contributed by atoms with Gasteiger partial charge in [-0.05, 0) is 42.2 Å². The van der Waals surface area contributed by atoms with Crippen LogP contribution < -0.4 is 5.73 Å². The quantitative estimate of drug-likeness (QED) is 0.654. The largest absolute Gasteiger partial charge is 0.416 e. The van der Waals surface area contributed by atoms with E-state index in [0.717, 1.165) is 23.6 Å². The molecule has 2 N–H and O–H groups in total. The van der Waals surface area contributed by atoms with Crippen molar-refractivity contribution in [3.63, 3.8) is 0 Å². The monoisotopic (exact) mass is 285 g/mol. The van der Waals surface area contributed by atoms with Crippen LogP contribution in [0.25, 0.3) is 0 Å². The van der Waals surface area contributed by atoms with Crippen molar-refractivity contribution in [1.82, 2.24) is 0 Å². The lowest BCUT2D eigenvalue weighted by molar-refractivity contribution is 0.292. The van der Waals surface area contributed by atoms with Crippen LogP contribution in [0.1, 0.15) is 26.3 Å². The second-order valence-electron chi connectivity index (χ2n) is 6.21. The standard InChI is InChI=1S/C14H24ClNOSi/c1-14(2,3)18(4,5)17-9-8-11-6-7-12(16)10-13(11)15/h6-7,10H,8-9,16H2,1-5H3. The van der Waals surface area contributed by atoms with Gasteiger partial charge in [-0.1, -0.05) is 38.4 Å². The van der Waals surface area contributed by atoms with E-state index >= 15 is 0 Å². The Morgan fingerprint density at radius 1 is 1.28 bits per heavy atom. The van der Waals surface area contributed by atoms with E-state index in [2.05, 4.69) is 33.9 Å². The Morgan fingerprint density at radius 3 is 2.39 bits per heavy atom. The molecule has 0 aliphatic rings. The maximum atomic E-state index is 6.15. The molecule has 0 amide bonds. The Bertz CT molecular complexity index is 413. The summed E-state index contributed by atoms with van der Waals surface area (Å²) in [7, 11) is -1.65. The van der Waals surface area contributed by atoms with Crippen LogP contribution in [0.15, 0.2) is 18.2 Å². The number of halogens is 1. The van der Waals surface area contributed by atoms with Crippen molar-refractivity contribution in [1.29, 1.82) is 0 Å². The van der Waals surface area contributed by atoms with Crippen LogP contribution in [0.2, 0.25) is 23.2 Å². The van der Waals surface area contributed by atoms with Gasteiger partial charge in [-0.2, -0.15) is 0 Å². The highest BCUT2D eigenvalue weighted by molar-refractivity contribution is 6.74. The first-order valence-corrected chi connectivity index (χ1v) is 9.60. The van der Waals surface area contributed by atoms with Crippen molar-refractivity contribution >= 4 is 25.6 Å². The van der Waals surface area contributed by atoms with Gasteiger partial charge in [-0.15, -0.1) is 0 Å². The summed E-state index contributed by atoms with van der Waals surface area (Å²) in [5, 5.41) is 0.978. The molecule has 0 spiro atoms. The third kappa shape index (κ3) is 4.01. The maximum absolute atomic E-state index is 6.15. The summed E-state index contributed by atoms with van der Waals surface area (Å²) < 4.78 is 6.13. The molecule has 0 fully saturated rings. The number of hydrogen-bond donors (Lipinski definition) is 1.